The average molecular weight is 410 g/mol. The number of carbonyl (C=O) groups excluding carboxylic acids is 1. The second-order valence-corrected chi connectivity index (χ2v) is 7.80. The normalized spacial score (nSPS) is 15.4. The zero-order valence-electron chi connectivity index (χ0n) is 17.5. The molecule has 30 heavy (non-hydrogen) atoms. The van der Waals surface area contributed by atoms with E-state index in [1.54, 1.807) is 6.07 Å². The van der Waals surface area contributed by atoms with Crippen molar-refractivity contribution in [2.24, 2.45) is 0 Å². The van der Waals surface area contributed by atoms with Crippen LogP contribution in [-0.4, -0.2) is 60.2 Å². The molecular weight excluding hydrogens is 381 g/mol. The maximum Gasteiger partial charge on any atom is 0.319 e. The number of nitrogens with zero attached hydrogens (tertiary/aromatic N) is 3. The Balaban J connectivity index is 1.62. The Hall–Kier alpha value is -2.90. The van der Waals surface area contributed by atoms with Gasteiger partial charge in [0.2, 0.25) is 0 Å². The van der Waals surface area contributed by atoms with Gasteiger partial charge in [0.1, 0.15) is 5.82 Å². The van der Waals surface area contributed by atoms with Gasteiger partial charge >= 0.3 is 6.03 Å². The lowest BCUT2D eigenvalue weighted by molar-refractivity contribution is 0.148. The molecule has 6 nitrogen and oxygen atoms in total. The highest BCUT2D eigenvalue weighted by molar-refractivity contribution is 5.89. The Kier molecular flexibility index (Phi) is 6.01. The van der Waals surface area contributed by atoms with Gasteiger partial charge < -0.3 is 20.1 Å². The predicted octanol–water partition coefficient (Wildman–Crippen LogP) is 3.66. The number of rotatable bonds is 5. The van der Waals surface area contributed by atoms with E-state index >= 15 is 0 Å². The van der Waals surface area contributed by atoms with E-state index in [0.29, 0.717) is 6.54 Å². The SMILES string of the molecule is CCNC(=O)Nc1ccc(-n2cc(CN3CCN(C)CC3)c3cc(F)ccc32)cc1. The molecule has 0 radical (unpaired) electrons. The minimum absolute atomic E-state index is 0.221. The molecule has 0 unspecified atom stereocenters. The molecule has 2 amide bonds. The standard InChI is InChI=1S/C23H28FN5O/c1-3-25-23(30)26-19-5-7-20(8-6-19)29-16-17(15-28-12-10-27(2)11-13-28)21-14-18(24)4-9-22(21)29/h4-9,14,16H,3,10-13,15H2,1-2H3,(H2,25,26,30). The van der Waals surface area contributed by atoms with E-state index < -0.39 is 0 Å². The molecule has 0 bridgehead atoms. The fourth-order valence-corrected chi connectivity index (χ4v) is 3.90. The lowest BCUT2D eigenvalue weighted by Crippen LogP contribution is -2.43. The zero-order valence-corrected chi connectivity index (χ0v) is 17.5. The molecule has 2 heterocycles. The molecule has 0 aliphatic carbocycles. The Bertz CT molecular complexity index is 1020. The number of benzene rings is 2. The van der Waals surface area contributed by atoms with Gasteiger partial charge in [0, 0.05) is 62.2 Å². The molecule has 7 heteroatoms. The molecule has 4 rings (SSSR count). The summed E-state index contributed by atoms with van der Waals surface area (Å²) in [5, 5.41) is 6.47. The molecule has 1 fully saturated rings. The van der Waals surface area contributed by atoms with Crippen LogP contribution in [0.5, 0.6) is 0 Å². The highest BCUT2D eigenvalue weighted by Gasteiger charge is 2.17. The molecule has 0 atom stereocenters. The Labute approximate surface area is 176 Å². The second-order valence-electron chi connectivity index (χ2n) is 7.80. The topological polar surface area (TPSA) is 52.5 Å². The van der Waals surface area contributed by atoms with Gasteiger partial charge in [-0.1, -0.05) is 0 Å². The summed E-state index contributed by atoms with van der Waals surface area (Å²) in [6.45, 7) is 7.38. The Morgan fingerprint density at radius 1 is 1.07 bits per heavy atom. The molecule has 2 N–H and O–H groups in total. The van der Waals surface area contributed by atoms with Gasteiger partial charge in [-0.25, -0.2) is 9.18 Å². The highest BCUT2D eigenvalue weighted by Crippen LogP contribution is 2.28. The molecule has 158 valence electrons. The third-order valence-electron chi connectivity index (χ3n) is 5.58. The number of piperazine rings is 1. The number of amides is 2. The fraction of sp³-hybridized carbons (Fsp3) is 0.348. The monoisotopic (exact) mass is 409 g/mol. The van der Waals surface area contributed by atoms with Crippen molar-refractivity contribution < 1.29 is 9.18 Å². The molecule has 0 spiro atoms. The van der Waals surface area contributed by atoms with Crippen LogP contribution in [0.3, 0.4) is 0 Å². The largest absolute Gasteiger partial charge is 0.338 e. The molecule has 1 aliphatic rings. The number of likely N-dealkylation sites (N-methyl/N-ethyl adjacent to an activating group) is 1. The van der Waals surface area contributed by atoms with Gasteiger partial charge in [0.15, 0.2) is 0 Å². The number of hydrogen-bond donors (Lipinski definition) is 2. The van der Waals surface area contributed by atoms with Gasteiger partial charge in [0.25, 0.3) is 0 Å². The fourth-order valence-electron chi connectivity index (χ4n) is 3.90. The molecule has 3 aromatic rings. The van der Waals surface area contributed by atoms with Crippen molar-refractivity contribution in [2.45, 2.75) is 13.5 Å². The molecule has 1 aromatic heterocycles. The number of anilines is 1. The van der Waals surface area contributed by atoms with E-state index in [4.69, 9.17) is 0 Å². The highest BCUT2D eigenvalue weighted by atomic mass is 19.1. The summed E-state index contributed by atoms with van der Waals surface area (Å²) >= 11 is 0. The number of nitrogens with one attached hydrogen (secondary N) is 2. The molecule has 1 saturated heterocycles. The van der Waals surface area contributed by atoms with E-state index in [1.165, 1.54) is 6.07 Å². The summed E-state index contributed by atoms with van der Waals surface area (Å²) in [5.41, 5.74) is 3.80. The number of hydrogen-bond acceptors (Lipinski definition) is 3. The minimum Gasteiger partial charge on any atom is -0.338 e. The second kappa shape index (κ2) is 8.85. The molecular formula is C23H28FN5O. The van der Waals surface area contributed by atoms with E-state index in [-0.39, 0.29) is 11.8 Å². The van der Waals surface area contributed by atoms with Gasteiger partial charge in [-0.15, -0.1) is 0 Å². The number of halogens is 1. The lowest BCUT2D eigenvalue weighted by atomic mass is 10.1. The third kappa shape index (κ3) is 4.47. The summed E-state index contributed by atoms with van der Waals surface area (Å²) < 4.78 is 16.1. The summed E-state index contributed by atoms with van der Waals surface area (Å²) in [6.07, 6.45) is 2.11. The van der Waals surface area contributed by atoms with Crippen molar-refractivity contribution in [1.82, 2.24) is 19.7 Å². The lowest BCUT2D eigenvalue weighted by Gasteiger charge is -2.32. The Morgan fingerprint density at radius 2 is 1.80 bits per heavy atom. The minimum atomic E-state index is -0.221. The Morgan fingerprint density at radius 3 is 2.50 bits per heavy atom. The summed E-state index contributed by atoms with van der Waals surface area (Å²) in [4.78, 5) is 16.5. The van der Waals surface area contributed by atoms with Crippen molar-refractivity contribution >= 4 is 22.6 Å². The van der Waals surface area contributed by atoms with Crippen molar-refractivity contribution in [3.63, 3.8) is 0 Å². The van der Waals surface area contributed by atoms with E-state index in [9.17, 15) is 9.18 Å². The maximum atomic E-state index is 14.0. The van der Waals surface area contributed by atoms with Gasteiger partial charge in [-0.05, 0) is 62.0 Å². The number of aromatic nitrogens is 1. The van der Waals surface area contributed by atoms with Crippen molar-refractivity contribution in [3.05, 3.63) is 60.0 Å². The van der Waals surface area contributed by atoms with E-state index in [0.717, 1.165) is 60.6 Å². The van der Waals surface area contributed by atoms with Crippen LogP contribution in [0.25, 0.3) is 16.6 Å². The summed E-state index contributed by atoms with van der Waals surface area (Å²) in [7, 11) is 2.14. The van der Waals surface area contributed by atoms with Crippen molar-refractivity contribution in [1.29, 1.82) is 0 Å². The first kappa shape index (κ1) is 20.4. The number of fused-ring (bicyclic) bond motifs is 1. The average Bonchev–Trinajstić information content (AvgIpc) is 3.08. The molecule has 2 aromatic carbocycles. The number of urea groups is 1. The number of carbonyl (C=O) groups is 1. The molecule has 0 saturated carbocycles. The van der Waals surface area contributed by atoms with Gasteiger partial charge in [-0.3, -0.25) is 4.90 Å². The summed E-state index contributed by atoms with van der Waals surface area (Å²) in [6, 6.07) is 12.4. The van der Waals surface area contributed by atoms with Crippen molar-refractivity contribution in [3.8, 4) is 5.69 Å². The van der Waals surface area contributed by atoms with Crippen LogP contribution >= 0.6 is 0 Å². The van der Waals surface area contributed by atoms with Gasteiger partial charge in [-0.2, -0.15) is 0 Å². The van der Waals surface area contributed by atoms with Crippen LogP contribution in [0.1, 0.15) is 12.5 Å². The first-order valence-corrected chi connectivity index (χ1v) is 10.4. The summed E-state index contributed by atoms with van der Waals surface area (Å²) in [5.74, 6) is -0.221. The zero-order chi connectivity index (χ0) is 21.1. The smallest absolute Gasteiger partial charge is 0.319 e. The van der Waals surface area contributed by atoms with Crippen LogP contribution in [-0.2, 0) is 6.54 Å². The first-order valence-electron chi connectivity index (χ1n) is 10.4. The maximum absolute atomic E-state index is 14.0. The van der Waals surface area contributed by atoms with Crippen LogP contribution in [0.2, 0.25) is 0 Å². The van der Waals surface area contributed by atoms with E-state index in [1.807, 2.05) is 37.3 Å². The van der Waals surface area contributed by atoms with Crippen LogP contribution in [0.4, 0.5) is 14.9 Å². The molecule has 1 aliphatic heterocycles. The van der Waals surface area contributed by atoms with Crippen LogP contribution < -0.4 is 10.6 Å². The van der Waals surface area contributed by atoms with Crippen LogP contribution in [0, 0.1) is 5.82 Å². The third-order valence-corrected chi connectivity index (χ3v) is 5.58. The first-order chi connectivity index (χ1) is 14.5. The van der Waals surface area contributed by atoms with E-state index in [2.05, 4.69) is 38.2 Å². The predicted molar refractivity (Wildman–Crippen MR) is 119 cm³/mol. The van der Waals surface area contributed by atoms with Crippen LogP contribution in [0.15, 0.2) is 48.7 Å². The van der Waals surface area contributed by atoms with Gasteiger partial charge in [0.05, 0.1) is 5.52 Å². The van der Waals surface area contributed by atoms with Crippen molar-refractivity contribution in [2.75, 3.05) is 45.1 Å². The quantitative estimate of drug-likeness (QED) is 0.676.